The fourth-order valence-electron chi connectivity index (χ4n) is 2.74. The maximum Gasteiger partial charge on any atom is 0.266 e. The molecular weight excluding hydrogens is 456 g/mol. The number of aromatic nitrogens is 4. The highest BCUT2D eigenvalue weighted by molar-refractivity contribution is 9.10. The lowest BCUT2D eigenvalue weighted by molar-refractivity contribution is 0.601. The molecule has 0 saturated heterocycles. The summed E-state index contributed by atoms with van der Waals surface area (Å²) in [5, 5.41) is 7.09. The number of halogens is 1. The fourth-order valence-corrected chi connectivity index (χ4v) is 3.98. The van der Waals surface area contributed by atoms with E-state index in [0.717, 1.165) is 15.7 Å². The molecule has 2 aromatic heterocycles. The van der Waals surface area contributed by atoms with E-state index in [1.165, 1.54) is 17.1 Å². The highest BCUT2D eigenvalue weighted by atomic mass is 79.9. The minimum atomic E-state index is -3.87. The number of benzene rings is 2. The maximum atomic E-state index is 12.8. The molecule has 4 rings (SSSR count). The lowest BCUT2D eigenvalue weighted by Crippen LogP contribution is -2.15. The molecule has 0 aliphatic carbocycles. The zero-order valence-electron chi connectivity index (χ0n) is 15.6. The average molecular weight is 473 g/mol. The Hall–Kier alpha value is -2.98. The molecule has 0 bridgehead atoms. The van der Waals surface area contributed by atoms with E-state index >= 15 is 0 Å². The van der Waals surface area contributed by atoms with E-state index in [-0.39, 0.29) is 10.7 Å². The summed E-state index contributed by atoms with van der Waals surface area (Å²) < 4.78 is 30.5. The molecule has 0 aliphatic rings. The summed E-state index contributed by atoms with van der Waals surface area (Å²) in [7, 11) is -2.22. The van der Waals surface area contributed by atoms with Gasteiger partial charge in [-0.05, 0) is 42.8 Å². The standard InChI is InChI=1S/C19H17BrN6O2S/c1-12-9-13(7-8-15(12)20)22-18-19(24-17-6-4-3-5-16(17)23-18)25-29(27,28)14-10-21-26(2)11-14/h3-11H,1-2H3,(H,22,23)(H,24,25). The number of rotatable bonds is 5. The molecule has 0 aliphatic heterocycles. The summed E-state index contributed by atoms with van der Waals surface area (Å²) in [6, 6.07) is 13.0. The van der Waals surface area contributed by atoms with Gasteiger partial charge in [-0.3, -0.25) is 9.40 Å². The molecule has 0 unspecified atom stereocenters. The van der Waals surface area contributed by atoms with E-state index in [2.05, 4.69) is 41.0 Å². The van der Waals surface area contributed by atoms with Gasteiger partial charge in [-0.15, -0.1) is 0 Å². The van der Waals surface area contributed by atoms with Crippen molar-refractivity contribution in [2.45, 2.75) is 11.8 Å². The van der Waals surface area contributed by atoms with E-state index in [1.807, 2.05) is 43.3 Å². The van der Waals surface area contributed by atoms with Crippen molar-refractivity contribution in [3.63, 3.8) is 0 Å². The molecule has 4 aromatic rings. The van der Waals surface area contributed by atoms with Gasteiger partial charge in [-0.2, -0.15) is 5.10 Å². The van der Waals surface area contributed by atoms with Crippen LogP contribution < -0.4 is 10.0 Å². The first-order valence-corrected chi connectivity index (χ1v) is 10.9. The maximum absolute atomic E-state index is 12.8. The molecule has 29 heavy (non-hydrogen) atoms. The summed E-state index contributed by atoms with van der Waals surface area (Å²) in [6.45, 7) is 1.97. The highest BCUT2D eigenvalue weighted by Crippen LogP contribution is 2.28. The predicted molar refractivity (Wildman–Crippen MR) is 116 cm³/mol. The molecule has 8 nitrogen and oxygen atoms in total. The SMILES string of the molecule is Cc1cc(Nc2nc3ccccc3nc2NS(=O)(=O)c2cnn(C)c2)ccc1Br. The van der Waals surface area contributed by atoms with Crippen molar-refractivity contribution in [1.29, 1.82) is 0 Å². The quantitative estimate of drug-likeness (QED) is 0.455. The van der Waals surface area contributed by atoms with Crippen LogP contribution in [-0.2, 0) is 17.1 Å². The van der Waals surface area contributed by atoms with Crippen LogP contribution in [0.25, 0.3) is 11.0 Å². The number of nitrogens with one attached hydrogen (secondary N) is 2. The van der Waals surface area contributed by atoms with Gasteiger partial charge in [0.2, 0.25) is 0 Å². The number of sulfonamides is 1. The van der Waals surface area contributed by atoms with Crippen molar-refractivity contribution >= 4 is 54.3 Å². The first-order chi connectivity index (χ1) is 13.8. The third kappa shape index (κ3) is 4.08. The van der Waals surface area contributed by atoms with Crippen LogP contribution in [0.4, 0.5) is 17.3 Å². The molecule has 10 heteroatoms. The number of hydrogen-bond acceptors (Lipinski definition) is 6. The van der Waals surface area contributed by atoms with Gasteiger partial charge in [0.15, 0.2) is 11.6 Å². The zero-order valence-corrected chi connectivity index (χ0v) is 18.0. The second-order valence-corrected chi connectivity index (χ2v) is 8.99. The summed E-state index contributed by atoms with van der Waals surface area (Å²) >= 11 is 3.47. The molecule has 0 amide bonds. The Morgan fingerprint density at radius 2 is 1.72 bits per heavy atom. The van der Waals surface area contributed by atoms with E-state index in [1.54, 1.807) is 13.1 Å². The zero-order chi connectivity index (χ0) is 20.6. The van der Waals surface area contributed by atoms with Gasteiger partial charge < -0.3 is 5.32 Å². The molecule has 0 spiro atoms. The third-order valence-corrected chi connectivity index (χ3v) is 6.40. The number of nitrogens with zero attached hydrogens (tertiary/aromatic N) is 4. The lowest BCUT2D eigenvalue weighted by atomic mass is 10.2. The molecule has 2 N–H and O–H groups in total. The molecule has 0 fully saturated rings. The van der Waals surface area contributed by atoms with Crippen LogP contribution >= 0.6 is 15.9 Å². The number of aryl methyl sites for hydroxylation is 2. The van der Waals surface area contributed by atoms with Crippen molar-refractivity contribution in [2.24, 2.45) is 7.05 Å². The van der Waals surface area contributed by atoms with E-state index in [4.69, 9.17) is 0 Å². The third-order valence-electron chi connectivity index (χ3n) is 4.21. The molecule has 0 saturated carbocycles. The van der Waals surface area contributed by atoms with Crippen LogP contribution in [0, 0.1) is 6.92 Å². The first-order valence-electron chi connectivity index (χ1n) is 8.63. The summed E-state index contributed by atoms with van der Waals surface area (Å²) in [5.74, 6) is 0.408. The molecule has 2 heterocycles. The van der Waals surface area contributed by atoms with E-state index in [9.17, 15) is 8.42 Å². The largest absolute Gasteiger partial charge is 0.337 e. The Bertz CT molecular complexity index is 1320. The van der Waals surface area contributed by atoms with Crippen LogP contribution in [0.15, 0.2) is 64.2 Å². The molecule has 2 aromatic carbocycles. The Labute approximate surface area is 176 Å². The van der Waals surface area contributed by atoms with Gasteiger partial charge in [0.1, 0.15) is 4.90 Å². The van der Waals surface area contributed by atoms with Gasteiger partial charge in [0, 0.05) is 23.4 Å². The molecule has 148 valence electrons. The smallest absolute Gasteiger partial charge is 0.266 e. The second-order valence-electron chi connectivity index (χ2n) is 6.45. The van der Waals surface area contributed by atoms with Gasteiger partial charge in [-0.25, -0.2) is 18.4 Å². The highest BCUT2D eigenvalue weighted by Gasteiger charge is 2.20. The van der Waals surface area contributed by atoms with Crippen LogP contribution in [-0.4, -0.2) is 28.2 Å². The molecular formula is C19H17BrN6O2S. The van der Waals surface area contributed by atoms with Gasteiger partial charge in [0.05, 0.1) is 17.2 Å². The van der Waals surface area contributed by atoms with E-state index < -0.39 is 10.0 Å². The summed E-state index contributed by atoms with van der Waals surface area (Å²) in [5.41, 5.74) is 3.01. The molecule has 0 radical (unpaired) electrons. The molecule has 0 atom stereocenters. The first kappa shape index (κ1) is 19.3. The van der Waals surface area contributed by atoms with Gasteiger partial charge in [-0.1, -0.05) is 28.1 Å². The van der Waals surface area contributed by atoms with Crippen LogP contribution in [0.5, 0.6) is 0 Å². The van der Waals surface area contributed by atoms with Crippen molar-refractivity contribution in [3.8, 4) is 0 Å². The second kappa shape index (κ2) is 7.45. The number of hydrogen-bond donors (Lipinski definition) is 2. The summed E-state index contributed by atoms with van der Waals surface area (Å²) in [4.78, 5) is 9.09. The minimum Gasteiger partial charge on any atom is -0.337 e. The fraction of sp³-hybridized carbons (Fsp3) is 0.105. The monoisotopic (exact) mass is 472 g/mol. The topological polar surface area (TPSA) is 102 Å². The van der Waals surface area contributed by atoms with Crippen LogP contribution in [0.2, 0.25) is 0 Å². The van der Waals surface area contributed by atoms with E-state index in [0.29, 0.717) is 16.9 Å². The Balaban J connectivity index is 1.78. The Morgan fingerprint density at radius 1 is 1.03 bits per heavy atom. The van der Waals surface area contributed by atoms with Crippen LogP contribution in [0.1, 0.15) is 5.56 Å². The average Bonchev–Trinajstić information content (AvgIpc) is 3.12. The normalized spacial score (nSPS) is 11.6. The number of anilines is 3. The number of fused-ring (bicyclic) bond motifs is 1. The predicted octanol–water partition coefficient (Wildman–Crippen LogP) is 3.98. The van der Waals surface area contributed by atoms with Gasteiger partial charge >= 0.3 is 0 Å². The van der Waals surface area contributed by atoms with Crippen molar-refractivity contribution in [2.75, 3.05) is 10.0 Å². The number of para-hydroxylation sites is 2. The van der Waals surface area contributed by atoms with Crippen molar-refractivity contribution in [3.05, 3.63) is 64.9 Å². The minimum absolute atomic E-state index is 0.0420. The Morgan fingerprint density at radius 3 is 2.34 bits per heavy atom. The summed E-state index contributed by atoms with van der Waals surface area (Å²) in [6.07, 6.45) is 2.70. The van der Waals surface area contributed by atoms with Crippen molar-refractivity contribution in [1.82, 2.24) is 19.7 Å². The van der Waals surface area contributed by atoms with Crippen molar-refractivity contribution < 1.29 is 8.42 Å². The van der Waals surface area contributed by atoms with Gasteiger partial charge in [0.25, 0.3) is 10.0 Å². The lowest BCUT2D eigenvalue weighted by Gasteiger charge is -2.14. The Kier molecular flexibility index (Phi) is 4.97. The van der Waals surface area contributed by atoms with Crippen LogP contribution in [0.3, 0.4) is 0 Å².